The van der Waals surface area contributed by atoms with Crippen LogP contribution in [0.25, 0.3) is 11.6 Å². The normalized spacial score (nSPS) is 21.2. The van der Waals surface area contributed by atoms with Crippen molar-refractivity contribution in [2.45, 2.75) is 19.9 Å². The molecule has 0 bridgehead atoms. The van der Waals surface area contributed by atoms with Crippen LogP contribution in [-0.2, 0) is 6.54 Å². The fourth-order valence-corrected chi connectivity index (χ4v) is 4.50. The molecule has 8 nitrogen and oxygen atoms in total. The number of hydrogen-bond acceptors (Lipinski definition) is 7. The molecule has 2 aliphatic heterocycles. The Morgan fingerprint density at radius 1 is 1.14 bits per heavy atom. The Labute approximate surface area is 172 Å². The van der Waals surface area contributed by atoms with Crippen LogP contribution in [-0.4, -0.2) is 51.5 Å². The smallest absolute Gasteiger partial charge is 0.242 e. The predicted octanol–water partition coefficient (Wildman–Crippen LogP) is 3.10. The van der Waals surface area contributed by atoms with Gasteiger partial charge in [0.25, 0.3) is 0 Å². The molecule has 2 unspecified atom stereocenters. The first kappa shape index (κ1) is 18.4. The second kappa shape index (κ2) is 7.29. The van der Waals surface area contributed by atoms with E-state index >= 15 is 0 Å². The van der Waals surface area contributed by atoms with Gasteiger partial charge in [-0.15, -0.1) is 10.2 Å². The fourth-order valence-electron chi connectivity index (χ4n) is 4.26. The van der Waals surface area contributed by atoms with Gasteiger partial charge >= 0.3 is 0 Å². The fraction of sp³-hybridized carbons (Fsp3) is 0.474. The van der Waals surface area contributed by atoms with Gasteiger partial charge in [0, 0.05) is 44.1 Å². The van der Waals surface area contributed by atoms with Crippen molar-refractivity contribution in [3.05, 3.63) is 35.1 Å². The van der Waals surface area contributed by atoms with Crippen LogP contribution < -0.4 is 9.80 Å². The Morgan fingerprint density at radius 3 is 2.66 bits per heavy atom. The molecule has 3 aromatic rings. The second-order valence-corrected chi connectivity index (χ2v) is 8.09. The molecule has 1 aromatic carbocycles. The molecular weight excluding hydrogens is 397 g/mol. The molecule has 2 atom stereocenters. The summed E-state index contributed by atoms with van der Waals surface area (Å²) in [6.45, 7) is 6.22. The van der Waals surface area contributed by atoms with Crippen molar-refractivity contribution in [3.63, 3.8) is 0 Å². The number of aryl methyl sites for hydroxylation is 1. The number of anilines is 2. The SMILES string of the molecule is CCCn1nnc(-c2cc(N3CC4CN(c5cc(F)ccc5Cl)CC4C3)no2)n1. The van der Waals surface area contributed by atoms with Crippen molar-refractivity contribution in [2.24, 2.45) is 11.8 Å². The zero-order chi connectivity index (χ0) is 20.0. The van der Waals surface area contributed by atoms with E-state index < -0.39 is 0 Å². The molecule has 0 saturated carbocycles. The van der Waals surface area contributed by atoms with E-state index in [-0.39, 0.29) is 5.82 Å². The molecule has 5 rings (SSSR count). The number of halogens is 2. The monoisotopic (exact) mass is 417 g/mol. The summed E-state index contributed by atoms with van der Waals surface area (Å²) in [6.07, 6.45) is 0.936. The summed E-state index contributed by atoms with van der Waals surface area (Å²) < 4.78 is 19.1. The zero-order valence-electron chi connectivity index (χ0n) is 16.0. The summed E-state index contributed by atoms with van der Waals surface area (Å²) in [4.78, 5) is 5.97. The van der Waals surface area contributed by atoms with Crippen molar-refractivity contribution < 1.29 is 8.91 Å². The highest BCUT2D eigenvalue weighted by Gasteiger charge is 2.41. The van der Waals surface area contributed by atoms with Gasteiger partial charge in [-0.2, -0.15) is 4.80 Å². The highest BCUT2D eigenvalue weighted by molar-refractivity contribution is 6.33. The molecule has 2 saturated heterocycles. The topological polar surface area (TPSA) is 76.1 Å². The van der Waals surface area contributed by atoms with Gasteiger partial charge in [-0.25, -0.2) is 4.39 Å². The summed E-state index contributed by atoms with van der Waals surface area (Å²) in [5.74, 6) is 2.44. The van der Waals surface area contributed by atoms with E-state index in [2.05, 4.69) is 37.3 Å². The van der Waals surface area contributed by atoms with E-state index in [1.165, 1.54) is 12.1 Å². The highest BCUT2D eigenvalue weighted by Crippen LogP contribution is 2.38. The lowest BCUT2D eigenvalue weighted by atomic mass is 10.0. The number of aromatic nitrogens is 5. The minimum Gasteiger partial charge on any atom is -0.370 e. The largest absolute Gasteiger partial charge is 0.370 e. The first-order chi connectivity index (χ1) is 14.1. The van der Waals surface area contributed by atoms with E-state index in [1.54, 1.807) is 10.9 Å². The maximum Gasteiger partial charge on any atom is 0.242 e. The highest BCUT2D eigenvalue weighted by atomic mass is 35.5. The Kier molecular flexibility index (Phi) is 4.61. The van der Waals surface area contributed by atoms with Gasteiger partial charge in [0.15, 0.2) is 5.82 Å². The zero-order valence-corrected chi connectivity index (χ0v) is 16.8. The van der Waals surface area contributed by atoms with Gasteiger partial charge in [0.1, 0.15) is 5.82 Å². The predicted molar refractivity (Wildman–Crippen MR) is 106 cm³/mol. The summed E-state index contributed by atoms with van der Waals surface area (Å²) in [7, 11) is 0. The van der Waals surface area contributed by atoms with Crippen molar-refractivity contribution >= 4 is 23.1 Å². The lowest BCUT2D eigenvalue weighted by Crippen LogP contribution is -2.29. The van der Waals surface area contributed by atoms with Crippen molar-refractivity contribution in [1.82, 2.24) is 25.4 Å². The quantitative estimate of drug-likeness (QED) is 0.631. The van der Waals surface area contributed by atoms with Crippen LogP contribution in [0.1, 0.15) is 13.3 Å². The molecule has 0 spiro atoms. The summed E-state index contributed by atoms with van der Waals surface area (Å²) in [5.41, 5.74) is 0.776. The first-order valence-electron chi connectivity index (χ1n) is 9.80. The van der Waals surface area contributed by atoms with Crippen LogP contribution in [0, 0.1) is 17.7 Å². The molecule has 4 heterocycles. The number of hydrogen-bond donors (Lipinski definition) is 0. The molecule has 29 heavy (non-hydrogen) atoms. The van der Waals surface area contributed by atoms with Gasteiger partial charge in [-0.05, 0) is 29.8 Å². The average molecular weight is 418 g/mol. The third-order valence-corrected chi connectivity index (χ3v) is 5.97. The Balaban J connectivity index is 1.26. The van der Waals surface area contributed by atoms with E-state index in [1.807, 2.05) is 6.07 Å². The third kappa shape index (κ3) is 3.43. The first-order valence-corrected chi connectivity index (χ1v) is 10.2. The Bertz CT molecular complexity index is 1010. The van der Waals surface area contributed by atoms with E-state index in [4.69, 9.17) is 16.1 Å². The van der Waals surface area contributed by atoms with E-state index in [9.17, 15) is 4.39 Å². The second-order valence-electron chi connectivity index (χ2n) is 7.68. The van der Waals surface area contributed by atoms with Gasteiger partial charge in [0.05, 0.1) is 17.3 Å². The molecule has 0 radical (unpaired) electrons. The summed E-state index contributed by atoms with van der Waals surface area (Å²) >= 11 is 6.28. The van der Waals surface area contributed by atoms with Crippen LogP contribution in [0.2, 0.25) is 5.02 Å². The minimum absolute atomic E-state index is 0.261. The Hall–Kier alpha value is -2.68. The number of rotatable bonds is 5. The van der Waals surface area contributed by atoms with Gasteiger partial charge < -0.3 is 14.3 Å². The standard InChI is InChI=1S/C19H21ClFN7O/c1-2-5-28-23-19(22-25-28)17-7-18(24-29-17)27-10-12-8-26(9-13(12)11-27)16-6-14(21)3-4-15(16)20/h3-4,6-7,12-13H,2,5,8-11H2,1H3. The molecule has 0 amide bonds. The van der Waals surface area contributed by atoms with Gasteiger partial charge in [-0.3, -0.25) is 0 Å². The van der Waals surface area contributed by atoms with Crippen LogP contribution >= 0.6 is 11.6 Å². The van der Waals surface area contributed by atoms with Gasteiger partial charge in [0.2, 0.25) is 11.6 Å². The van der Waals surface area contributed by atoms with Crippen LogP contribution in [0.3, 0.4) is 0 Å². The maximum atomic E-state index is 13.6. The molecule has 2 fully saturated rings. The maximum absolute atomic E-state index is 13.6. The van der Waals surface area contributed by atoms with Gasteiger partial charge in [-0.1, -0.05) is 23.7 Å². The molecule has 152 valence electrons. The van der Waals surface area contributed by atoms with Crippen LogP contribution in [0.5, 0.6) is 0 Å². The average Bonchev–Trinajstić information content (AvgIpc) is 3.46. The van der Waals surface area contributed by atoms with Crippen LogP contribution in [0.15, 0.2) is 28.8 Å². The van der Waals surface area contributed by atoms with E-state index in [0.29, 0.717) is 28.4 Å². The van der Waals surface area contributed by atoms with Crippen molar-refractivity contribution in [1.29, 1.82) is 0 Å². The number of nitrogens with zero attached hydrogens (tertiary/aromatic N) is 7. The molecular formula is C19H21ClFN7O. The number of tetrazole rings is 1. The van der Waals surface area contributed by atoms with Crippen molar-refractivity contribution in [2.75, 3.05) is 36.0 Å². The van der Waals surface area contributed by atoms with E-state index in [0.717, 1.165) is 50.6 Å². The lowest BCUT2D eigenvalue weighted by Gasteiger charge is -2.23. The van der Waals surface area contributed by atoms with Crippen molar-refractivity contribution in [3.8, 4) is 11.6 Å². The minimum atomic E-state index is -0.261. The molecule has 10 heteroatoms. The number of benzene rings is 1. The van der Waals surface area contributed by atoms with Crippen LogP contribution in [0.4, 0.5) is 15.9 Å². The summed E-state index contributed by atoms with van der Waals surface area (Å²) in [5, 5.41) is 17.2. The molecule has 2 aliphatic rings. The third-order valence-electron chi connectivity index (χ3n) is 5.65. The molecule has 0 N–H and O–H groups in total. The molecule has 2 aromatic heterocycles. The molecule has 0 aliphatic carbocycles. The summed E-state index contributed by atoms with van der Waals surface area (Å²) in [6, 6.07) is 6.40. The lowest BCUT2D eigenvalue weighted by molar-refractivity contribution is 0.428. The Morgan fingerprint density at radius 2 is 1.90 bits per heavy atom. The number of fused-ring (bicyclic) bond motifs is 1.